The molecular formula is C14H20O. The largest absolute Gasteiger partial charge is 0.295 e. The molecule has 82 valence electrons. The monoisotopic (exact) mass is 204 g/mol. The minimum Gasteiger partial charge on any atom is -0.295 e. The summed E-state index contributed by atoms with van der Waals surface area (Å²) in [6, 6.07) is 0. The summed E-state index contributed by atoms with van der Waals surface area (Å²) >= 11 is 0. The number of ketones is 1. The Labute approximate surface area is 92.3 Å². The Kier molecular flexibility index (Phi) is 2.81. The minimum absolute atomic E-state index is 0.259. The van der Waals surface area contributed by atoms with Crippen molar-refractivity contribution >= 4 is 5.78 Å². The zero-order valence-electron chi connectivity index (χ0n) is 9.97. The van der Waals surface area contributed by atoms with Crippen molar-refractivity contribution in [3.63, 3.8) is 0 Å². The highest BCUT2D eigenvalue weighted by atomic mass is 16.1. The van der Waals surface area contributed by atoms with Gasteiger partial charge in [-0.25, -0.2) is 0 Å². The van der Waals surface area contributed by atoms with Crippen LogP contribution in [0.3, 0.4) is 0 Å². The molecular weight excluding hydrogens is 184 g/mol. The summed E-state index contributed by atoms with van der Waals surface area (Å²) in [4.78, 5) is 11.5. The van der Waals surface area contributed by atoms with E-state index in [1.807, 2.05) is 0 Å². The van der Waals surface area contributed by atoms with Gasteiger partial charge in [0.1, 0.15) is 0 Å². The topological polar surface area (TPSA) is 17.1 Å². The van der Waals surface area contributed by atoms with Crippen LogP contribution in [0.15, 0.2) is 22.8 Å². The number of hydrogen-bond acceptors (Lipinski definition) is 1. The highest BCUT2D eigenvalue weighted by Gasteiger charge is 2.30. The molecule has 0 N–H and O–H groups in total. The maximum absolute atomic E-state index is 11.5. The average molecular weight is 204 g/mol. The maximum atomic E-state index is 11.5. The number of rotatable bonds is 1. The van der Waals surface area contributed by atoms with Crippen LogP contribution in [0, 0.1) is 11.8 Å². The molecule has 1 nitrogen and oxygen atoms in total. The first kappa shape index (κ1) is 10.7. The van der Waals surface area contributed by atoms with E-state index in [1.165, 1.54) is 12.8 Å². The fraction of sp³-hybridized carbons (Fsp3) is 0.643. The maximum Gasteiger partial charge on any atom is 0.155 e. The summed E-state index contributed by atoms with van der Waals surface area (Å²) in [5.41, 5.74) is 4.16. The fourth-order valence-electron chi connectivity index (χ4n) is 2.97. The Morgan fingerprint density at radius 3 is 2.87 bits per heavy atom. The van der Waals surface area contributed by atoms with Crippen LogP contribution in [0.2, 0.25) is 0 Å². The van der Waals surface area contributed by atoms with Gasteiger partial charge in [-0.15, -0.1) is 0 Å². The SMILES string of the molecule is CC(=O)C1=CC[C@@H](C)[C@@H]2CCC(C)=C2C1. The van der Waals surface area contributed by atoms with Crippen molar-refractivity contribution in [1.29, 1.82) is 0 Å². The van der Waals surface area contributed by atoms with E-state index in [0.717, 1.165) is 24.3 Å². The highest BCUT2D eigenvalue weighted by Crippen LogP contribution is 2.43. The summed E-state index contributed by atoms with van der Waals surface area (Å²) < 4.78 is 0. The van der Waals surface area contributed by atoms with E-state index in [1.54, 1.807) is 18.1 Å². The fourth-order valence-corrected chi connectivity index (χ4v) is 2.97. The molecule has 0 saturated heterocycles. The molecule has 1 heteroatoms. The standard InChI is InChI=1S/C14H20O/c1-9-4-6-12(11(3)15)8-14-10(2)5-7-13(9)14/h6,9,13H,4-5,7-8H2,1-3H3/t9-,13+/m1/s1. The number of carbonyl (C=O) groups is 1. The van der Waals surface area contributed by atoms with Crippen molar-refractivity contribution in [2.45, 2.75) is 46.5 Å². The number of hydrogen-bond donors (Lipinski definition) is 0. The van der Waals surface area contributed by atoms with Crippen molar-refractivity contribution < 1.29 is 4.79 Å². The van der Waals surface area contributed by atoms with E-state index in [4.69, 9.17) is 0 Å². The van der Waals surface area contributed by atoms with Gasteiger partial charge in [0.15, 0.2) is 5.78 Å². The molecule has 0 amide bonds. The van der Waals surface area contributed by atoms with Gasteiger partial charge in [-0.2, -0.15) is 0 Å². The molecule has 0 aromatic rings. The quantitative estimate of drug-likeness (QED) is 0.596. The van der Waals surface area contributed by atoms with Crippen molar-refractivity contribution in [3.05, 3.63) is 22.8 Å². The van der Waals surface area contributed by atoms with Crippen LogP contribution in [0.5, 0.6) is 0 Å². The average Bonchev–Trinajstić information content (AvgIpc) is 2.43. The van der Waals surface area contributed by atoms with Crippen LogP contribution in [0.4, 0.5) is 0 Å². The molecule has 0 heterocycles. The van der Waals surface area contributed by atoms with E-state index >= 15 is 0 Å². The number of carbonyl (C=O) groups excluding carboxylic acids is 1. The number of allylic oxidation sites excluding steroid dienone is 4. The summed E-state index contributed by atoms with van der Waals surface area (Å²) in [5, 5.41) is 0. The Balaban J connectivity index is 2.31. The Morgan fingerprint density at radius 1 is 1.47 bits per heavy atom. The van der Waals surface area contributed by atoms with E-state index < -0.39 is 0 Å². The summed E-state index contributed by atoms with van der Waals surface area (Å²) in [5.74, 6) is 1.72. The number of fused-ring (bicyclic) bond motifs is 1. The van der Waals surface area contributed by atoms with Crippen LogP contribution in [-0.4, -0.2) is 5.78 Å². The van der Waals surface area contributed by atoms with Crippen molar-refractivity contribution in [2.75, 3.05) is 0 Å². The lowest BCUT2D eigenvalue weighted by atomic mass is 9.86. The van der Waals surface area contributed by atoms with Gasteiger partial charge in [0.05, 0.1) is 0 Å². The molecule has 15 heavy (non-hydrogen) atoms. The highest BCUT2D eigenvalue weighted by molar-refractivity contribution is 5.93. The first-order valence-corrected chi connectivity index (χ1v) is 5.98. The lowest BCUT2D eigenvalue weighted by molar-refractivity contribution is -0.113. The minimum atomic E-state index is 0.259. The van der Waals surface area contributed by atoms with E-state index in [2.05, 4.69) is 19.9 Å². The van der Waals surface area contributed by atoms with E-state index in [-0.39, 0.29) is 5.78 Å². The van der Waals surface area contributed by atoms with Gasteiger partial charge in [0, 0.05) is 0 Å². The van der Waals surface area contributed by atoms with Gasteiger partial charge in [0.2, 0.25) is 0 Å². The Morgan fingerprint density at radius 2 is 2.20 bits per heavy atom. The molecule has 0 aromatic carbocycles. The molecule has 0 saturated carbocycles. The molecule has 2 rings (SSSR count). The van der Waals surface area contributed by atoms with Crippen LogP contribution in [-0.2, 0) is 4.79 Å². The number of Topliss-reactive ketones (excluding diaryl/α,β-unsaturated/α-hetero) is 1. The zero-order chi connectivity index (χ0) is 11.0. The van der Waals surface area contributed by atoms with Crippen LogP contribution < -0.4 is 0 Å². The molecule has 0 bridgehead atoms. The summed E-state index contributed by atoms with van der Waals surface area (Å²) in [7, 11) is 0. The van der Waals surface area contributed by atoms with E-state index in [0.29, 0.717) is 5.92 Å². The third kappa shape index (κ3) is 1.92. The van der Waals surface area contributed by atoms with Gasteiger partial charge in [-0.3, -0.25) is 4.79 Å². The van der Waals surface area contributed by atoms with E-state index in [9.17, 15) is 4.79 Å². The third-order valence-corrected chi connectivity index (χ3v) is 4.08. The van der Waals surface area contributed by atoms with Gasteiger partial charge in [-0.05, 0) is 56.9 Å². The first-order chi connectivity index (χ1) is 7.09. The predicted octanol–water partition coefficient (Wildman–Crippen LogP) is 3.66. The van der Waals surface area contributed by atoms with Gasteiger partial charge >= 0.3 is 0 Å². The van der Waals surface area contributed by atoms with Crippen LogP contribution in [0.1, 0.15) is 46.5 Å². The molecule has 0 aromatic heterocycles. The third-order valence-electron chi connectivity index (χ3n) is 4.08. The van der Waals surface area contributed by atoms with Gasteiger partial charge in [0.25, 0.3) is 0 Å². The normalized spacial score (nSPS) is 31.0. The molecule has 0 spiro atoms. The van der Waals surface area contributed by atoms with Crippen LogP contribution in [0.25, 0.3) is 0 Å². The second-order valence-corrected chi connectivity index (χ2v) is 5.13. The summed E-state index contributed by atoms with van der Waals surface area (Å²) in [6.07, 6.45) is 6.73. The van der Waals surface area contributed by atoms with Crippen molar-refractivity contribution in [1.82, 2.24) is 0 Å². The molecule has 2 atom stereocenters. The van der Waals surface area contributed by atoms with Crippen molar-refractivity contribution in [2.24, 2.45) is 11.8 Å². The predicted molar refractivity (Wildman–Crippen MR) is 62.6 cm³/mol. The summed E-state index contributed by atoms with van der Waals surface area (Å²) in [6.45, 7) is 6.26. The lowest BCUT2D eigenvalue weighted by Crippen LogP contribution is -2.09. The molecule has 0 aliphatic heterocycles. The molecule has 2 aliphatic carbocycles. The molecule has 2 aliphatic rings. The second kappa shape index (κ2) is 3.96. The zero-order valence-corrected chi connectivity index (χ0v) is 9.97. The lowest BCUT2D eigenvalue weighted by Gasteiger charge is -2.19. The smallest absolute Gasteiger partial charge is 0.155 e. The van der Waals surface area contributed by atoms with Gasteiger partial charge in [-0.1, -0.05) is 24.1 Å². The molecule has 0 radical (unpaired) electrons. The first-order valence-electron chi connectivity index (χ1n) is 5.98. The Bertz CT molecular complexity index is 346. The molecule has 0 fully saturated rings. The molecule has 0 unspecified atom stereocenters. The Hall–Kier alpha value is -0.850. The van der Waals surface area contributed by atoms with Crippen LogP contribution >= 0.6 is 0 Å². The van der Waals surface area contributed by atoms with Gasteiger partial charge < -0.3 is 0 Å². The van der Waals surface area contributed by atoms with Crippen molar-refractivity contribution in [3.8, 4) is 0 Å². The second-order valence-electron chi connectivity index (χ2n) is 5.13.